The standard InChI is InChI=1S/C13H21N3O3/c1-10(7-14)8-15(2)13(19)16-6-5-11(9-16)3-4-12(17)18/h10-11H,3-6,8-9H2,1-2H3,(H,17,18). The number of hydrogen-bond acceptors (Lipinski definition) is 3. The van der Waals surface area contributed by atoms with Gasteiger partial charge in [-0.05, 0) is 25.7 Å². The van der Waals surface area contributed by atoms with Crippen molar-refractivity contribution >= 4 is 12.0 Å². The van der Waals surface area contributed by atoms with Crippen LogP contribution in [0.2, 0.25) is 0 Å². The van der Waals surface area contributed by atoms with Crippen LogP contribution in [0.25, 0.3) is 0 Å². The number of carbonyl (C=O) groups is 2. The van der Waals surface area contributed by atoms with E-state index in [2.05, 4.69) is 6.07 Å². The second-order valence-corrected chi connectivity index (χ2v) is 5.23. The number of aliphatic carboxylic acids is 1. The monoisotopic (exact) mass is 267 g/mol. The second kappa shape index (κ2) is 6.98. The number of hydrogen-bond donors (Lipinski definition) is 1. The zero-order chi connectivity index (χ0) is 14.4. The van der Waals surface area contributed by atoms with E-state index in [1.807, 2.05) is 0 Å². The van der Waals surface area contributed by atoms with Crippen LogP contribution in [-0.2, 0) is 4.79 Å². The van der Waals surface area contributed by atoms with E-state index in [4.69, 9.17) is 10.4 Å². The Hall–Kier alpha value is -1.77. The van der Waals surface area contributed by atoms with Crippen molar-refractivity contribution in [3.63, 3.8) is 0 Å². The first-order valence-corrected chi connectivity index (χ1v) is 6.55. The molecule has 0 aromatic carbocycles. The van der Waals surface area contributed by atoms with Crippen LogP contribution in [0.4, 0.5) is 4.79 Å². The molecule has 0 aromatic rings. The van der Waals surface area contributed by atoms with Crippen molar-refractivity contribution in [2.75, 3.05) is 26.7 Å². The van der Waals surface area contributed by atoms with Gasteiger partial charge in [0.1, 0.15) is 0 Å². The third kappa shape index (κ3) is 4.78. The Morgan fingerprint density at radius 2 is 2.26 bits per heavy atom. The topological polar surface area (TPSA) is 84.6 Å². The molecule has 1 N–H and O–H groups in total. The fourth-order valence-corrected chi connectivity index (χ4v) is 2.34. The zero-order valence-corrected chi connectivity index (χ0v) is 11.5. The van der Waals surface area contributed by atoms with Crippen molar-refractivity contribution in [1.29, 1.82) is 5.26 Å². The van der Waals surface area contributed by atoms with Crippen molar-refractivity contribution in [2.45, 2.75) is 26.2 Å². The molecule has 1 aliphatic rings. The molecule has 1 aliphatic heterocycles. The summed E-state index contributed by atoms with van der Waals surface area (Å²) in [6.45, 7) is 3.50. The van der Waals surface area contributed by atoms with Gasteiger partial charge in [-0.25, -0.2) is 4.79 Å². The third-order valence-electron chi connectivity index (χ3n) is 3.42. The summed E-state index contributed by atoms with van der Waals surface area (Å²) >= 11 is 0. The summed E-state index contributed by atoms with van der Waals surface area (Å²) in [5.41, 5.74) is 0. The Morgan fingerprint density at radius 3 is 2.84 bits per heavy atom. The first-order valence-electron chi connectivity index (χ1n) is 6.55. The summed E-state index contributed by atoms with van der Waals surface area (Å²) in [4.78, 5) is 25.9. The van der Waals surface area contributed by atoms with E-state index in [9.17, 15) is 9.59 Å². The lowest BCUT2D eigenvalue weighted by atomic mass is 10.0. The van der Waals surface area contributed by atoms with Crippen molar-refractivity contribution in [3.05, 3.63) is 0 Å². The molecule has 0 bridgehead atoms. The molecule has 106 valence electrons. The maximum Gasteiger partial charge on any atom is 0.319 e. The Balaban J connectivity index is 2.39. The fourth-order valence-electron chi connectivity index (χ4n) is 2.34. The highest BCUT2D eigenvalue weighted by Crippen LogP contribution is 2.22. The van der Waals surface area contributed by atoms with Crippen LogP contribution in [0.5, 0.6) is 0 Å². The molecule has 6 heteroatoms. The smallest absolute Gasteiger partial charge is 0.319 e. The second-order valence-electron chi connectivity index (χ2n) is 5.23. The number of carboxylic acids is 1. The average molecular weight is 267 g/mol. The molecule has 0 saturated carbocycles. The molecule has 1 saturated heterocycles. The van der Waals surface area contributed by atoms with E-state index in [-0.39, 0.29) is 24.3 Å². The maximum absolute atomic E-state index is 12.1. The molecule has 2 atom stereocenters. The SMILES string of the molecule is CC(C#N)CN(C)C(=O)N1CCC(CCC(=O)O)C1. The molecule has 1 fully saturated rings. The molecule has 6 nitrogen and oxygen atoms in total. The van der Waals surface area contributed by atoms with Crippen molar-refractivity contribution in [2.24, 2.45) is 11.8 Å². The number of nitrogens with zero attached hydrogens (tertiary/aromatic N) is 3. The number of rotatable bonds is 5. The minimum absolute atomic E-state index is 0.0695. The van der Waals surface area contributed by atoms with Crippen LogP contribution in [0.15, 0.2) is 0 Å². The largest absolute Gasteiger partial charge is 0.481 e. The van der Waals surface area contributed by atoms with Gasteiger partial charge < -0.3 is 14.9 Å². The van der Waals surface area contributed by atoms with Gasteiger partial charge in [-0.3, -0.25) is 4.79 Å². The molecule has 0 radical (unpaired) electrons. The first kappa shape index (κ1) is 15.3. The zero-order valence-electron chi connectivity index (χ0n) is 11.5. The molecule has 0 aliphatic carbocycles. The summed E-state index contributed by atoms with van der Waals surface area (Å²) in [7, 11) is 1.70. The molecule has 1 rings (SSSR count). The van der Waals surface area contributed by atoms with Crippen LogP contribution in [-0.4, -0.2) is 53.6 Å². The van der Waals surface area contributed by atoms with Crippen LogP contribution >= 0.6 is 0 Å². The van der Waals surface area contributed by atoms with Gasteiger partial charge in [-0.2, -0.15) is 5.26 Å². The van der Waals surface area contributed by atoms with Gasteiger partial charge in [0.25, 0.3) is 0 Å². The normalized spacial score (nSPS) is 19.8. The predicted molar refractivity (Wildman–Crippen MR) is 69.4 cm³/mol. The number of carboxylic acid groups (broad SMARTS) is 1. The summed E-state index contributed by atoms with van der Waals surface area (Å²) < 4.78 is 0. The molecule has 19 heavy (non-hydrogen) atoms. The number of urea groups is 1. The quantitative estimate of drug-likeness (QED) is 0.815. The number of carbonyl (C=O) groups excluding carboxylic acids is 1. The van der Waals surface area contributed by atoms with E-state index < -0.39 is 5.97 Å². The Bertz CT molecular complexity index is 378. The van der Waals surface area contributed by atoms with Crippen LogP contribution < -0.4 is 0 Å². The van der Waals surface area contributed by atoms with Gasteiger partial charge in [-0.1, -0.05) is 0 Å². The molecule has 2 amide bonds. The molecular weight excluding hydrogens is 246 g/mol. The Kier molecular flexibility index (Phi) is 5.61. The molecule has 0 aromatic heterocycles. The van der Waals surface area contributed by atoms with E-state index in [1.165, 1.54) is 0 Å². The average Bonchev–Trinajstić information content (AvgIpc) is 2.83. The number of amides is 2. The first-order chi connectivity index (χ1) is 8.93. The van der Waals surface area contributed by atoms with Gasteiger partial charge in [0.2, 0.25) is 0 Å². The van der Waals surface area contributed by atoms with Crippen molar-refractivity contribution in [1.82, 2.24) is 9.80 Å². The summed E-state index contributed by atoms with van der Waals surface area (Å²) in [5.74, 6) is -0.689. The van der Waals surface area contributed by atoms with Gasteiger partial charge in [0, 0.05) is 33.1 Å². The van der Waals surface area contributed by atoms with Crippen molar-refractivity contribution < 1.29 is 14.7 Å². The molecule has 0 spiro atoms. The van der Waals surface area contributed by atoms with Crippen LogP contribution in [0, 0.1) is 23.2 Å². The van der Waals surface area contributed by atoms with Gasteiger partial charge in [0.05, 0.1) is 12.0 Å². The molecule has 1 heterocycles. The number of likely N-dealkylation sites (tertiary alicyclic amines) is 1. The number of nitriles is 1. The summed E-state index contributed by atoms with van der Waals surface area (Å²) in [6.07, 6.45) is 1.64. The molecule has 2 unspecified atom stereocenters. The molecular formula is C13H21N3O3. The fraction of sp³-hybridized carbons (Fsp3) is 0.769. The summed E-state index contributed by atoms with van der Waals surface area (Å²) in [5, 5.41) is 17.4. The Labute approximate surface area is 113 Å². The third-order valence-corrected chi connectivity index (χ3v) is 3.42. The van der Waals surface area contributed by atoms with Gasteiger partial charge >= 0.3 is 12.0 Å². The lowest BCUT2D eigenvalue weighted by molar-refractivity contribution is -0.137. The minimum Gasteiger partial charge on any atom is -0.481 e. The minimum atomic E-state index is -0.787. The van der Waals surface area contributed by atoms with Gasteiger partial charge in [0.15, 0.2) is 0 Å². The van der Waals surface area contributed by atoms with E-state index in [0.717, 1.165) is 6.42 Å². The summed E-state index contributed by atoms with van der Waals surface area (Å²) in [6, 6.07) is 2.04. The lowest BCUT2D eigenvalue weighted by Crippen LogP contribution is -2.41. The highest BCUT2D eigenvalue weighted by Gasteiger charge is 2.28. The van der Waals surface area contributed by atoms with Crippen LogP contribution in [0.3, 0.4) is 0 Å². The van der Waals surface area contributed by atoms with E-state index in [1.54, 1.807) is 23.8 Å². The maximum atomic E-state index is 12.1. The Morgan fingerprint density at radius 1 is 1.58 bits per heavy atom. The van der Waals surface area contributed by atoms with E-state index in [0.29, 0.717) is 26.1 Å². The highest BCUT2D eigenvalue weighted by atomic mass is 16.4. The lowest BCUT2D eigenvalue weighted by Gasteiger charge is -2.25. The highest BCUT2D eigenvalue weighted by molar-refractivity contribution is 5.74. The van der Waals surface area contributed by atoms with Crippen molar-refractivity contribution in [3.8, 4) is 6.07 Å². The van der Waals surface area contributed by atoms with Crippen LogP contribution in [0.1, 0.15) is 26.2 Å². The van der Waals surface area contributed by atoms with E-state index >= 15 is 0 Å². The predicted octanol–water partition coefficient (Wildman–Crippen LogP) is 1.38. The van der Waals surface area contributed by atoms with Gasteiger partial charge in [-0.15, -0.1) is 0 Å².